The first-order chi connectivity index (χ1) is 2.27. The van der Waals surface area contributed by atoms with Gasteiger partial charge in [-0.3, -0.25) is 4.85 Å². The minimum Gasteiger partial charge on any atom is -0.326 e. The molecule has 2 nitrogen and oxygen atoms in total. The van der Waals surface area contributed by atoms with Crippen molar-refractivity contribution in [2.75, 3.05) is 0 Å². The van der Waals surface area contributed by atoms with Crippen molar-refractivity contribution in [2.24, 2.45) is 0 Å². The molecule has 0 amide bonds. The number of rotatable bonds is 0. The molecule has 0 fully saturated rings. The molecule has 0 aliphatic heterocycles. The predicted molar refractivity (Wildman–Crippen MR) is 18.3 cm³/mol. The van der Waals surface area contributed by atoms with Crippen LogP contribution in [-0.2, 0) is 0 Å². The van der Waals surface area contributed by atoms with Crippen LogP contribution in [0.5, 0.6) is 0 Å². The molecule has 0 heterocycles. The highest BCUT2D eigenvalue weighted by atomic mass is 16.3. The maximum Gasteiger partial charge on any atom is 0.322 e. The Labute approximate surface area is 30.9 Å². The SMILES string of the molecule is [C-]#[N+]C(C)O. The number of aliphatic hydroxyl groups is 1. The monoisotopic (exact) mass is 71.0 g/mol. The third-order valence-electron chi connectivity index (χ3n) is 0.187. The molecule has 0 saturated heterocycles. The van der Waals surface area contributed by atoms with Crippen molar-refractivity contribution in [1.29, 1.82) is 0 Å². The third-order valence-corrected chi connectivity index (χ3v) is 0.187. The number of aliphatic hydroxyl groups excluding tert-OH is 1. The van der Waals surface area contributed by atoms with Crippen molar-refractivity contribution < 1.29 is 5.11 Å². The molecule has 0 aliphatic carbocycles. The van der Waals surface area contributed by atoms with Crippen LogP contribution in [-0.4, -0.2) is 11.3 Å². The minimum absolute atomic E-state index is 0.824. The molecule has 0 aromatic rings. The molecule has 0 rings (SSSR count). The lowest BCUT2D eigenvalue weighted by Crippen LogP contribution is -1.85. The lowest BCUT2D eigenvalue weighted by Gasteiger charge is -1.75. The van der Waals surface area contributed by atoms with Gasteiger partial charge >= 0.3 is 6.23 Å². The highest BCUT2D eigenvalue weighted by molar-refractivity contribution is 4.55. The van der Waals surface area contributed by atoms with E-state index in [0.29, 0.717) is 0 Å². The molecule has 1 unspecified atom stereocenters. The Morgan fingerprint density at radius 3 is 2.20 bits per heavy atom. The second-order valence-corrected chi connectivity index (χ2v) is 0.761. The fraction of sp³-hybridized carbons (Fsp3) is 0.667. The summed E-state index contributed by atoms with van der Waals surface area (Å²) in [5.41, 5.74) is 0. The normalized spacial score (nSPS) is 13.0. The van der Waals surface area contributed by atoms with Crippen molar-refractivity contribution in [1.82, 2.24) is 0 Å². The highest BCUT2D eigenvalue weighted by Gasteiger charge is 1.85. The Morgan fingerprint density at radius 2 is 2.20 bits per heavy atom. The third kappa shape index (κ3) is 3.45. The van der Waals surface area contributed by atoms with Gasteiger partial charge in [-0.1, -0.05) is 0 Å². The molecule has 0 aromatic carbocycles. The van der Waals surface area contributed by atoms with E-state index >= 15 is 0 Å². The predicted octanol–water partition coefficient (Wildman–Crippen LogP) is 0.244. The van der Waals surface area contributed by atoms with Crippen molar-refractivity contribution >= 4 is 0 Å². The molecule has 1 N–H and O–H groups in total. The Hall–Kier alpha value is -0.550. The van der Waals surface area contributed by atoms with Gasteiger partial charge in [0.1, 0.15) is 0 Å². The first-order valence-corrected chi connectivity index (χ1v) is 1.32. The molecule has 1 atom stereocenters. The van der Waals surface area contributed by atoms with Crippen LogP contribution < -0.4 is 0 Å². The maximum atomic E-state index is 8.01. The van der Waals surface area contributed by atoms with Gasteiger partial charge in [-0.2, -0.15) is 0 Å². The van der Waals surface area contributed by atoms with Crippen molar-refractivity contribution in [3.05, 3.63) is 11.4 Å². The summed E-state index contributed by atoms with van der Waals surface area (Å²) < 4.78 is 0. The summed E-state index contributed by atoms with van der Waals surface area (Å²) in [5, 5.41) is 8.01. The van der Waals surface area contributed by atoms with Crippen LogP contribution in [0.3, 0.4) is 0 Å². The largest absolute Gasteiger partial charge is 0.326 e. The van der Waals surface area contributed by atoms with Gasteiger partial charge in [0.2, 0.25) is 0 Å². The molecule has 28 valence electrons. The summed E-state index contributed by atoms with van der Waals surface area (Å²) in [6, 6.07) is 0. The topological polar surface area (TPSA) is 24.6 Å². The van der Waals surface area contributed by atoms with Crippen LogP contribution in [0.4, 0.5) is 0 Å². The number of hydrogen-bond donors (Lipinski definition) is 1. The van der Waals surface area contributed by atoms with Crippen LogP contribution in [0.25, 0.3) is 4.85 Å². The van der Waals surface area contributed by atoms with Crippen LogP contribution in [0.1, 0.15) is 6.92 Å². The molecule has 0 aliphatic rings. The first-order valence-electron chi connectivity index (χ1n) is 1.32. The lowest BCUT2D eigenvalue weighted by molar-refractivity contribution is 0.242. The van der Waals surface area contributed by atoms with Gasteiger partial charge < -0.3 is 5.11 Å². The summed E-state index contributed by atoms with van der Waals surface area (Å²) in [6.07, 6.45) is -0.824. The van der Waals surface area contributed by atoms with Gasteiger partial charge in [0.25, 0.3) is 0 Å². The Balaban J connectivity index is 2.94. The van der Waals surface area contributed by atoms with E-state index in [1.165, 1.54) is 6.92 Å². The molecule has 0 spiro atoms. The Bertz CT molecular complexity index is 52.4. The van der Waals surface area contributed by atoms with Gasteiger partial charge in [0, 0.05) is 6.92 Å². The summed E-state index contributed by atoms with van der Waals surface area (Å²) in [7, 11) is 0. The molecular formula is C3H5NO. The molecule has 0 bridgehead atoms. The smallest absolute Gasteiger partial charge is 0.322 e. The summed E-state index contributed by atoms with van der Waals surface area (Å²) >= 11 is 0. The van der Waals surface area contributed by atoms with E-state index in [1.807, 2.05) is 0 Å². The number of nitrogens with zero attached hydrogens (tertiary/aromatic N) is 1. The highest BCUT2D eigenvalue weighted by Crippen LogP contribution is 1.73. The van der Waals surface area contributed by atoms with Crippen molar-refractivity contribution in [3.63, 3.8) is 0 Å². The number of hydrogen-bond acceptors (Lipinski definition) is 1. The second kappa shape index (κ2) is 1.74. The van der Waals surface area contributed by atoms with E-state index < -0.39 is 6.23 Å². The van der Waals surface area contributed by atoms with E-state index in [0.717, 1.165) is 0 Å². The standard InChI is InChI=1S/C3H5NO/c1-3(5)4-2/h3,5H,1H3. The van der Waals surface area contributed by atoms with E-state index in [9.17, 15) is 0 Å². The zero-order chi connectivity index (χ0) is 4.28. The van der Waals surface area contributed by atoms with Crippen molar-refractivity contribution in [2.45, 2.75) is 13.2 Å². The fourth-order valence-electron chi connectivity index (χ4n) is 0. The zero-order valence-corrected chi connectivity index (χ0v) is 2.97. The van der Waals surface area contributed by atoms with Gasteiger partial charge in [0.15, 0.2) is 0 Å². The van der Waals surface area contributed by atoms with Crippen LogP contribution in [0.15, 0.2) is 0 Å². The fourth-order valence-corrected chi connectivity index (χ4v) is 0. The molecule has 0 saturated carbocycles. The first kappa shape index (κ1) is 4.45. The molecular weight excluding hydrogens is 66.0 g/mol. The van der Waals surface area contributed by atoms with Crippen molar-refractivity contribution in [3.8, 4) is 0 Å². The minimum atomic E-state index is -0.824. The quantitative estimate of drug-likeness (QED) is 0.406. The van der Waals surface area contributed by atoms with E-state index in [4.69, 9.17) is 11.7 Å². The molecule has 0 aromatic heterocycles. The zero-order valence-electron chi connectivity index (χ0n) is 2.97. The Morgan fingerprint density at radius 1 is 2.00 bits per heavy atom. The lowest BCUT2D eigenvalue weighted by atomic mass is 10.7. The second-order valence-electron chi connectivity index (χ2n) is 0.761. The van der Waals surface area contributed by atoms with Crippen LogP contribution >= 0.6 is 0 Å². The van der Waals surface area contributed by atoms with E-state index in [-0.39, 0.29) is 0 Å². The van der Waals surface area contributed by atoms with Crippen LogP contribution in [0.2, 0.25) is 0 Å². The summed E-state index contributed by atoms with van der Waals surface area (Å²) in [6.45, 7) is 7.46. The van der Waals surface area contributed by atoms with Crippen LogP contribution in [0, 0.1) is 6.57 Å². The maximum absolute atomic E-state index is 8.01. The summed E-state index contributed by atoms with van der Waals surface area (Å²) in [4.78, 5) is 2.69. The average molecular weight is 71.1 g/mol. The molecule has 5 heavy (non-hydrogen) atoms. The van der Waals surface area contributed by atoms with E-state index in [2.05, 4.69) is 4.85 Å². The van der Waals surface area contributed by atoms with Gasteiger partial charge in [-0.05, 0) is 0 Å². The van der Waals surface area contributed by atoms with Gasteiger partial charge in [-0.15, -0.1) is 0 Å². The Kier molecular flexibility index (Phi) is 1.55. The molecule has 2 heteroatoms. The average Bonchev–Trinajstić information content (AvgIpc) is 1.38. The van der Waals surface area contributed by atoms with E-state index in [1.54, 1.807) is 0 Å². The van der Waals surface area contributed by atoms with Gasteiger partial charge in [0.05, 0.1) is 0 Å². The summed E-state index contributed by atoms with van der Waals surface area (Å²) in [5.74, 6) is 0. The molecule has 0 radical (unpaired) electrons. The van der Waals surface area contributed by atoms with Gasteiger partial charge in [-0.25, -0.2) is 6.57 Å².